The maximum atomic E-state index is 11.4. The summed E-state index contributed by atoms with van der Waals surface area (Å²) >= 11 is 0. The summed E-state index contributed by atoms with van der Waals surface area (Å²) in [5.41, 5.74) is 0. The predicted octanol–water partition coefficient (Wildman–Crippen LogP) is -1.37. The number of ether oxygens (including phenoxy) is 4. The summed E-state index contributed by atoms with van der Waals surface area (Å²) in [6.07, 6.45) is -4.95. The number of esters is 3. The van der Waals surface area contributed by atoms with E-state index in [2.05, 4.69) is 5.32 Å². The molecule has 1 aliphatic heterocycles. The lowest BCUT2D eigenvalue weighted by Gasteiger charge is -2.28. The van der Waals surface area contributed by atoms with Gasteiger partial charge in [-0.15, -0.1) is 0 Å². The molecule has 1 fully saturated rings. The molecular formula is C14H21NO9. The zero-order chi connectivity index (χ0) is 18.4. The molecule has 10 nitrogen and oxygen atoms in total. The number of carbonyl (C=O) groups is 4. The minimum Gasteiger partial charge on any atom is -0.462 e. The van der Waals surface area contributed by atoms with Crippen molar-refractivity contribution >= 4 is 23.8 Å². The van der Waals surface area contributed by atoms with Gasteiger partial charge in [-0.05, 0) is 0 Å². The fourth-order valence-corrected chi connectivity index (χ4v) is 2.34. The van der Waals surface area contributed by atoms with E-state index in [9.17, 15) is 24.3 Å². The number of hydrogen-bond acceptors (Lipinski definition) is 9. The fourth-order valence-electron chi connectivity index (χ4n) is 2.34. The van der Waals surface area contributed by atoms with E-state index >= 15 is 0 Å². The van der Waals surface area contributed by atoms with Crippen LogP contribution < -0.4 is 5.32 Å². The van der Waals surface area contributed by atoms with Crippen LogP contribution in [-0.2, 0) is 38.1 Å². The smallest absolute Gasteiger partial charge is 0.303 e. The normalized spacial score (nSPS) is 27.0. The van der Waals surface area contributed by atoms with Crippen molar-refractivity contribution in [1.29, 1.82) is 0 Å². The molecular weight excluding hydrogens is 326 g/mol. The summed E-state index contributed by atoms with van der Waals surface area (Å²) in [5, 5.41) is 12.4. The molecule has 2 N–H and O–H groups in total. The monoisotopic (exact) mass is 347 g/mol. The van der Waals surface area contributed by atoms with Crippen LogP contribution in [0.3, 0.4) is 0 Å². The van der Waals surface area contributed by atoms with Crippen molar-refractivity contribution in [2.75, 3.05) is 6.61 Å². The van der Waals surface area contributed by atoms with Gasteiger partial charge >= 0.3 is 17.9 Å². The third-order valence-corrected chi connectivity index (χ3v) is 3.09. The highest BCUT2D eigenvalue weighted by Crippen LogP contribution is 2.27. The van der Waals surface area contributed by atoms with Gasteiger partial charge in [0.05, 0.1) is 0 Å². The maximum Gasteiger partial charge on any atom is 0.303 e. The van der Waals surface area contributed by atoms with Gasteiger partial charge in [0.25, 0.3) is 0 Å². The first-order valence-corrected chi connectivity index (χ1v) is 7.20. The molecule has 10 heteroatoms. The van der Waals surface area contributed by atoms with Crippen LogP contribution in [0.15, 0.2) is 0 Å². The van der Waals surface area contributed by atoms with E-state index in [1.807, 2.05) is 0 Å². The molecule has 24 heavy (non-hydrogen) atoms. The molecule has 0 saturated carbocycles. The summed E-state index contributed by atoms with van der Waals surface area (Å²) in [7, 11) is 0. The Labute approximate surface area is 138 Å². The summed E-state index contributed by atoms with van der Waals surface area (Å²) in [6, 6.07) is -0.999. The second kappa shape index (κ2) is 8.60. The van der Waals surface area contributed by atoms with Gasteiger partial charge in [0.1, 0.15) is 18.8 Å². The average molecular weight is 347 g/mol. The zero-order valence-corrected chi connectivity index (χ0v) is 13.8. The minimum atomic E-state index is -1.55. The molecule has 0 radical (unpaired) electrons. The highest BCUT2D eigenvalue weighted by atomic mass is 16.7. The first-order chi connectivity index (χ1) is 11.1. The van der Waals surface area contributed by atoms with Gasteiger partial charge in [-0.1, -0.05) is 0 Å². The van der Waals surface area contributed by atoms with Crippen molar-refractivity contribution < 1.29 is 43.2 Å². The molecule has 1 aliphatic rings. The summed E-state index contributed by atoms with van der Waals surface area (Å²) in [6.45, 7) is 4.31. The standard InChI is InChI=1S/C14H21NO9/c1-6(16)15-11-12(24-14(20)13(11)23-9(4)19)10(22-8(3)18)5-21-7(2)17/h10-14,20H,5H2,1-4H3,(H,15,16)/t10-,11-,12-,13+,14?/m1/s1. The average Bonchev–Trinajstić information content (AvgIpc) is 2.70. The lowest BCUT2D eigenvalue weighted by Crippen LogP contribution is -2.53. The van der Waals surface area contributed by atoms with Crippen molar-refractivity contribution in [2.24, 2.45) is 0 Å². The lowest BCUT2D eigenvalue weighted by molar-refractivity contribution is -0.184. The first kappa shape index (κ1) is 19.8. The number of rotatable bonds is 6. The number of carbonyl (C=O) groups excluding carboxylic acids is 4. The van der Waals surface area contributed by atoms with Gasteiger partial charge in [-0.25, -0.2) is 0 Å². The minimum absolute atomic E-state index is 0.352. The summed E-state index contributed by atoms with van der Waals surface area (Å²) in [5.74, 6) is -2.46. The van der Waals surface area contributed by atoms with Crippen molar-refractivity contribution in [2.45, 2.75) is 58.3 Å². The van der Waals surface area contributed by atoms with Crippen LogP contribution >= 0.6 is 0 Å². The molecule has 0 spiro atoms. The highest BCUT2D eigenvalue weighted by Gasteiger charge is 2.51. The van der Waals surface area contributed by atoms with Crippen LogP contribution in [0.1, 0.15) is 27.7 Å². The topological polar surface area (TPSA) is 137 Å². The molecule has 0 aromatic heterocycles. The van der Waals surface area contributed by atoms with Crippen LogP contribution in [0.25, 0.3) is 0 Å². The Bertz CT molecular complexity index is 506. The lowest BCUT2D eigenvalue weighted by atomic mass is 10.0. The summed E-state index contributed by atoms with van der Waals surface area (Å²) < 4.78 is 20.1. The van der Waals surface area contributed by atoms with Crippen LogP contribution in [0, 0.1) is 0 Å². The molecule has 0 bridgehead atoms. The number of aliphatic hydroxyl groups is 1. The Morgan fingerprint density at radius 3 is 2.17 bits per heavy atom. The van der Waals surface area contributed by atoms with E-state index in [0.717, 1.165) is 13.8 Å². The molecule has 0 aromatic rings. The van der Waals surface area contributed by atoms with E-state index in [-0.39, 0.29) is 6.61 Å². The second-order valence-electron chi connectivity index (χ2n) is 5.24. The summed E-state index contributed by atoms with van der Waals surface area (Å²) in [4.78, 5) is 44.9. The third-order valence-electron chi connectivity index (χ3n) is 3.09. The molecule has 0 aliphatic carbocycles. The first-order valence-electron chi connectivity index (χ1n) is 7.20. The number of amides is 1. The zero-order valence-electron chi connectivity index (χ0n) is 13.8. The van der Waals surface area contributed by atoms with Crippen LogP contribution in [0.2, 0.25) is 0 Å². The highest BCUT2D eigenvalue weighted by molar-refractivity contribution is 5.73. The Morgan fingerprint density at radius 1 is 1.08 bits per heavy atom. The van der Waals surface area contributed by atoms with Gasteiger partial charge in [-0.2, -0.15) is 0 Å². The predicted molar refractivity (Wildman–Crippen MR) is 76.2 cm³/mol. The van der Waals surface area contributed by atoms with Crippen LogP contribution in [0.5, 0.6) is 0 Å². The fraction of sp³-hybridized carbons (Fsp3) is 0.714. The van der Waals surface area contributed by atoms with Crippen LogP contribution in [0.4, 0.5) is 0 Å². The van der Waals surface area contributed by atoms with Crippen molar-refractivity contribution in [3.63, 3.8) is 0 Å². The second-order valence-corrected chi connectivity index (χ2v) is 5.24. The molecule has 136 valence electrons. The van der Waals surface area contributed by atoms with Crippen molar-refractivity contribution in [1.82, 2.24) is 5.32 Å². The molecule has 1 heterocycles. The van der Waals surface area contributed by atoms with E-state index in [1.54, 1.807) is 0 Å². The SMILES string of the molecule is CC(=O)N[C@@H]1[C@@H]([C@@H](COC(C)=O)OC(C)=O)OC(O)[C@H]1OC(C)=O. The number of aliphatic hydroxyl groups excluding tert-OH is 1. The van der Waals surface area contributed by atoms with E-state index < -0.39 is 54.5 Å². The quantitative estimate of drug-likeness (QED) is 0.440. The van der Waals surface area contributed by atoms with Gasteiger partial charge < -0.3 is 29.4 Å². The van der Waals surface area contributed by atoms with Gasteiger partial charge in [0.15, 0.2) is 18.5 Å². The Hall–Kier alpha value is -2.20. The van der Waals surface area contributed by atoms with E-state index in [1.165, 1.54) is 13.8 Å². The van der Waals surface area contributed by atoms with E-state index in [0.29, 0.717) is 0 Å². The Kier molecular flexibility index (Phi) is 7.11. The molecule has 0 aromatic carbocycles. The van der Waals surface area contributed by atoms with Crippen molar-refractivity contribution in [3.8, 4) is 0 Å². The Balaban J connectivity index is 3.03. The largest absolute Gasteiger partial charge is 0.462 e. The maximum absolute atomic E-state index is 11.4. The third kappa shape index (κ3) is 5.78. The molecule has 1 unspecified atom stereocenters. The van der Waals surface area contributed by atoms with Gasteiger partial charge in [0.2, 0.25) is 5.91 Å². The van der Waals surface area contributed by atoms with Crippen molar-refractivity contribution in [3.05, 3.63) is 0 Å². The molecule has 1 saturated heterocycles. The number of hydrogen-bond donors (Lipinski definition) is 2. The van der Waals surface area contributed by atoms with Crippen LogP contribution in [-0.4, -0.2) is 66.2 Å². The van der Waals surface area contributed by atoms with Gasteiger partial charge in [-0.3, -0.25) is 19.2 Å². The Morgan fingerprint density at radius 2 is 1.71 bits per heavy atom. The number of nitrogens with one attached hydrogen (secondary N) is 1. The molecule has 5 atom stereocenters. The van der Waals surface area contributed by atoms with E-state index in [4.69, 9.17) is 18.9 Å². The molecule has 1 rings (SSSR count). The molecule has 1 amide bonds. The van der Waals surface area contributed by atoms with Gasteiger partial charge in [0, 0.05) is 27.7 Å².